The van der Waals surface area contributed by atoms with Gasteiger partial charge in [0, 0.05) is 12.4 Å². The molecule has 0 bridgehead atoms. The Morgan fingerprint density at radius 3 is 2.40 bits per heavy atom. The van der Waals surface area contributed by atoms with Crippen LogP contribution in [0.5, 0.6) is 0 Å². The molecule has 0 N–H and O–H groups in total. The Labute approximate surface area is 95.0 Å². The van der Waals surface area contributed by atoms with Gasteiger partial charge in [-0.15, -0.1) is 0 Å². The van der Waals surface area contributed by atoms with Crippen molar-refractivity contribution < 1.29 is 0 Å². The van der Waals surface area contributed by atoms with Crippen molar-refractivity contribution in [1.82, 2.24) is 0 Å². The molecule has 0 aromatic carbocycles. The summed E-state index contributed by atoms with van der Waals surface area (Å²) in [6.45, 7) is 11.0. The highest BCUT2D eigenvalue weighted by atomic mass is 14.7. The van der Waals surface area contributed by atoms with Crippen molar-refractivity contribution in [3.63, 3.8) is 0 Å². The topological polar surface area (TPSA) is 12.4 Å². The average Bonchev–Trinajstić information content (AvgIpc) is 2.14. The maximum atomic E-state index is 4.29. The molecule has 1 heteroatoms. The van der Waals surface area contributed by atoms with Crippen molar-refractivity contribution in [3.8, 4) is 0 Å². The molecule has 0 spiro atoms. The number of hydrogen-bond acceptors (Lipinski definition) is 1. The van der Waals surface area contributed by atoms with Gasteiger partial charge in [0.1, 0.15) is 0 Å². The quantitative estimate of drug-likeness (QED) is 0.577. The lowest BCUT2D eigenvalue weighted by molar-refractivity contribution is 0.415. The Bertz CT molecular complexity index is 239. The lowest BCUT2D eigenvalue weighted by Gasteiger charge is -2.17. The molecular formula is C14H25N. The standard InChI is InChI=1S/C14H25N/c1-6-8-9-10-15-12-13(7-2)11-14(3,4)5/h7,9-10,12H,6,8,11H2,1-5H3/b10-9+,13-7-,15-12+. The molecule has 86 valence electrons. The summed E-state index contributed by atoms with van der Waals surface area (Å²) in [6, 6.07) is 0. The molecule has 0 radical (unpaired) electrons. The van der Waals surface area contributed by atoms with E-state index in [0.717, 1.165) is 12.8 Å². The van der Waals surface area contributed by atoms with E-state index in [1.807, 2.05) is 12.4 Å². The normalized spacial score (nSPS) is 14.3. The average molecular weight is 207 g/mol. The summed E-state index contributed by atoms with van der Waals surface area (Å²) in [5.41, 5.74) is 1.64. The third-order valence-electron chi connectivity index (χ3n) is 1.99. The fourth-order valence-corrected chi connectivity index (χ4v) is 1.28. The minimum absolute atomic E-state index is 0.334. The van der Waals surface area contributed by atoms with E-state index in [9.17, 15) is 0 Å². The number of aliphatic imine (C=N–C) groups is 1. The molecule has 0 aliphatic rings. The number of rotatable bonds is 5. The van der Waals surface area contributed by atoms with Gasteiger partial charge in [0.2, 0.25) is 0 Å². The van der Waals surface area contributed by atoms with Gasteiger partial charge in [0.15, 0.2) is 0 Å². The fourth-order valence-electron chi connectivity index (χ4n) is 1.28. The summed E-state index contributed by atoms with van der Waals surface area (Å²) in [5, 5.41) is 0. The molecule has 0 aromatic heterocycles. The van der Waals surface area contributed by atoms with E-state index < -0.39 is 0 Å². The van der Waals surface area contributed by atoms with Gasteiger partial charge in [0.25, 0.3) is 0 Å². The van der Waals surface area contributed by atoms with E-state index in [-0.39, 0.29) is 0 Å². The van der Waals surface area contributed by atoms with Crippen molar-refractivity contribution in [1.29, 1.82) is 0 Å². The Kier molecular flexibility index (Phi) is 7.02. The van der Waals surface area contributed by atoms with Gasteiger partial charge in [0.05, 0.1) is 0 Å². The van der Waals surface area contributed by atoms with Crippen LogP contribution in [0, 0.1) is 5.41 Å². The molecule has 0 saturated heterocycles. The number of nitrogens with zero attached hydrogens (tertiary/aromatic N) is 1. The first-order chi connectivity index (χ1) is 6.99. The second kappa shape index (κ2) is 7.44. The van der Waals surface area contributed by atoms with Crippen LogP contribution >= 0.6 is 0 Å². The molecule has 0 aliphatic heterocycles. The van der Waals surface area contributed by atoms with Gasteiger partial charge < -0.3 is 0 Å². The van der Waals surface area contributed by atoms with Crippen LogP contribution in [0.1, 0.15) is 53.9 Å². The molecule has 0 saturated carbocycles. The van der Waals surface area contributed by atoms with Crippen molar-refractivity contribution in [2.45, 2.75) is 53.9 Å². The van der Waals surface area contributed by atoms with Gasteiger partial charge in [-0.25, -0.2) is 0 Å². The van der Waals surface area contributed by atoms with Gasteiger partial charge in [-0.2, -0.15) is 0 Å². The van der Waals surface area contributed by atoms with Crippen LogP contribution in [0.2, 0.25) is 0 Å². The SMILES string of the molecule is C\C=C(/C=N/C=C/CCC)CC(C)(C)C. The smallest absolute Gasteiger partial charge is 0.0296 e. The molecule has 0 rings (SSSR count). The van der Waals surface area contributed by atoms with Crippen LogP contribution in [-0.2, 0) is 0 Å². The number of hydrogen-bond donors (Lipinski definition) is 0. The Hall–Kier alpha value is -0.850. The molecule has 0 aliphatic carbocycles. The van der Waals surface area contributed by atoms with Crippen molar-refractivity contribution >= 4 is 6.21 Å². The zero-order chi connectivity index (χ0) is 11.7. The maximum Gasteiger partial charge on any atom is 0.0296 e. The molecule has 0 amide bonds. The Balaban J connectivity index is 4.12. The first-order valence-electron chi connectivity index (χ1n) is 5.83. The van der Waals surface area contributed by atoms with Gasteiger partial charge in [-0.05, 0) is 30.8 Å². The van der Waals surface area contributed by atoms with E-state index in [1.165, 1.54) is 12.0 Å². The Morgan fingerprint density at radius 1 is 1.27 bits per heavy atom. The molecule has 0 fully saturated rings. The van der Waals surface area contributed by atoms with Crippen molar-refractivity contribution in [2.75, 3.05) is 0 Å². The first-order valence-corrected chi connectivity index (χ1v) is 5.83. The van der Waals surface area contributed by atoms with E-state index in [4.69, 9.17) is 0 Å². The number of unbranched alkanes of at least 4 members (excludes halogenated alkanes) is 1. The van der Waals surface area contributed by atoms with E-state index in [0.29, 0.717) is 5.41 Å². The molecular weight excluding hydrogens is 182 g/mol. The van der Waals surface area contributed by atoms with Crippen molar-refractivity contribution in [3.05, 3.63) is 23.9 Å². The zero-order valence-electron chi connectivity index (χ0n) is 10.9. The molecule has 0 heterocycles. The Morgan fingerprint density at radius 2 is 1.93 bits per heavy atom. The zero-order valence-corrected chi connectivity index (χ0v) is 10.9. The second-order valence-electron chi connectivity index (χ2n) is 5.05. The number of allylic oxidation sites excluding steroid dienone is 3. The molecule has 0 atom stereocenters. The summed E-state index contributed by atoms with van der Waals surface area (Å²) in [6.07, 6.45) is 11.5. The highest BCUT2D eigenvalue weighted by molar-refractivity contribution is 5.78. The predicted octanol–water partition coefficient (Wildman–Crippen LogP) is 4.75. The maximum absolute atomic E-state index is 4.29. The monoisotopic (exact) mass is 207 g/mol. The van der Waals surface area contributed by atoms with Crippen LogP contribution in [0.25, 0.3) is 0 Å². The molecule has 15 heavy (non-hydrogen) atoms. The summed E-state index contributed by atoms with van der Waals surface area (Å²) in [7, 11) is 0. The molecule has 1 nitrogen and oxygen atoms in total. The van der Waals surface area contributed by atoms with Crippen LogP contribution in [-0.4, -0.2) is 6.21 Å². The highest BCUT2D eigenvalue weighted by Crippen LogP contribution is 2.22. The van der Waals surface area contributed by atoms with Crippen LogP contribution in [0.3, 0.4) is 0 Å². The minimum Gasteiger partial charge on any atom is -0.265 e. The van der Waals surface area contributed by atoms with E-state index >= 15 is 0 Å². The minimum atomic E-state index is 0.334. The van der Waals surface area contributed by atoms with Crippen LogP contribution in [0.4, 0.5) is 0 Å². The first kappa shape index (κ1) is 14.2. The van der Waals surface area contributed by atoms with Gasteiger partial charge in [-0.1, -0.05) is 46.3 Å². The fraction of sp³-hybridized carbons (Fsp3) is 0.643. The summed E-state index contributed by atoms with van der Waals surface area (Å²) < 4.78 is 0. The molecule has 0 unspecified atom stereocenters. The third-order valence-corrected chi connectivity index (χ3v) is 1.99. The lowest BCUT2D eigenvalue weighted by Crippen LogP contribution is -2.06. The van der Waals surface area contributed by atoms with Gasteiger partial charge in [-0.3, -0.25) is 4.99 Å². The van der Waals surface area contributed by atoms with E-state index in [1.54, 1.807) is 0 Å². The van der Waals surface area contributed by atoms with E-state index in [2.05, 4.69) is 51.8 Å². The lowest BCUT2D eigenvalue weighted by atomic mass is 9.88. The summed E-state index contributed by atoms with van der Waals surface area (Å²) in [5.74, 6) is 0. The van der Waals surface area contributed by atoms with Crippen molar-refractivity contribution in [2.24, 2.45) is 10.4 Å². The van der Waals surface area contributed by atoms with Crippen LogP contribution in [0.15, 0.2) is 28.9 Å². The molecule has 0 aromatic rings. The summed E-state index contributed by atoms with van der Waals surface area (Å²) in [4.78, 5) is 4.29. The van der Waals surface area contributed by atoms with Gasteiger partial charge >= 0.3 is 0 Å². The largest absolute Gasteiger partial charge is 0.265 e. The highest BCUT2D eigenvalue weighted by Gasteiger charge is 2.10. The predicted molar refractivity (Wildman–Crippen MR) is 70.4 cm³/mol. The summed E-state index contributed by atoms with van der Waals surface area (Å²) >= 11 is 0. The second-order valence-corrected chi connectivity index (χ2v) is 5.05. The van der Waals surface area contributed by atoms with Crippen LogP contribution < -0.4 is 0 Å². The third kappa shape index (κ3) is 9.45.